The van der Waals surface area contributed by atoms with Gasteiger partial charge in [-0.05, 0) is 66.8 Å². The second-order valence-corrected chi connectivity index (χ2v) is 6.92. The normalized spacial score (nSPS) is 12.4. The Morgan fingerprint density at radius 2 is 1.55 bits per heavy atom. The molecule has 0 spiro atoms. The third-order valence-corrected chi connectivity index (χ3v) is 4.81. The molecule has 0 aliphatic carbocycles. The Kier molecular flexibility index (Phi) is 6.76. The van der Waals surface area contributed by atoms with Crippen molar-refractivity contribution in [2.24, 2.45) is 0 Å². The first-order chi connectivity index (χ1) is 14.0. The van der Waals surface area contributed by atoms with E-state index in [0.717, 1.165) is 54.0 Å². The summed E-state index contributed by atoms with van der Waals surface area (Å²) in [5.74, 6) is 1.61. The van der Waals surface area contributed by atoms with Crippen molar-refractivity contribution >= 4 is 0 Å². The zero-order valence-corrected chi connectivity index (χ0v) is 16.0. The molecule has 0 aliphatic heterocycles. The van der Waals surface area contributed by atoms with E-state index in [1.165, 1.54) is 0 Å². The summed E-state index contributed by atoms with van der Waals surface area (Å²) in [5, 5.41) is 0. The van der Waals surface area contributed by atoms with Gasteiger partial charge in [0.05, 0.1) is 5.56 Å². The minimum atomic E-state index is -4.31. The van der Waals surface area contributed by atoms with E-state index < -0.39 is 11.7 Å². The molecular weight excluding hydrogens is 373 g/mol. The Labute approximate surface area is 169 Å². The molecule has 0 aliphatic rings. The van der Waals surface area contributed by atoms with Crippen LogP contribution in [0.15, 0.2) is 91.5 Å². The van der Waals surface area contributed by atoms with Crippen molar-refractivity contribution in [3.05, 3.63) is 108 Å². The van der Waals surface area contributed by atoms with Crippen molar-refractivity contribution in [3.8, 4) is 11.5 Å². The fourth-order valence-corrected chi connectivity index (χ4v) is 3.26. The van der Waals surface area contributed by atoms with E-state index in [1.54, 1.807) is 18.2 Å². The number of aryl methyl sites for hydroxylation is 1. The lowest BCUT2D eigenvalue weighted by atomic mass is 9.92. The highest BCUT2D eigenvalue weighted by Gasteiger charge is 2.30. The van der Waals surface area contributed by atoms with E-state index in [-0.39, 0.29) is 5.92 Å². The fraction of sp³-hybridized carbons (Fsp3) is 0.200. The van der Waals surface area contributed by atoms with Crippen LogP contribution < -0.4 is 4.74 Å². The van der Waals surface area contributed by atoms with Crippen LogP contribution in [0.25, 0.3) is 0 Å². The topological polar surface area (TPSA) is 9.23 Å². The van der Waals surface area contributed by atoms with Crippen molar-refractivity contribution in [3.63, 3.8) is 0 Å². The van der Waals surface area contributed by atoms with Gasteiger partial charge in [-0.1, -0.05) is 48.5 Å². The predicted octanol–water partition coefficient (Wildman–Crippen LogP) is 7.79. The van der Waals surface area contributed by atoms with E-state index in [4.69, 9.17) is 4.74 Å². The van der Waals surface area contributed by atoms with Crippen LogP contribution in [0, 0.1) is 0 Å². The summed E-state index contributed by atoms with van der Waals surface area (Å²) in [6.07, 6.45) is 0.0642. The van der Waals surface area contributed by atoms with Gasteiger partial charge in [-0.3, -0.25) is 0 Å². The minimum Gasteiger partial charge on any atom is -0.457 e. The van der Waals surface area contributed by atoms with Gasteiger partial charge in [-0.2, -0.15) is 13.2 Å². The van der Waals surface area contributed by atoms with Gasteiger partial charge in [0.25, 0.3) is 0 Å². The molecule has 3 aromatic rings. The smallest absolute Gasteiger partial charge is 0.416 e. The number of halogens is 3. The molecule has 0 bridgehead atoms. The van der Waals surface area contributed by atoms with Gasteiger partial charge in [0.15, 0.2) is 0 Å². The molecule has 0 amide bonds. The summed E-state index contributed by atoms with van der Waals surface area (Å²) in [7, 11) is 0. The molecule has 0 aromatic heterocycles. The van der Waals surface area contributed by atoms with Crippen molar-refractivity contribution in [2.45, 2.75) is 31.4 Å². The van der Waals surface area contributed by atoms with Crippen LogP contribution >= 0.6 is 0 Å². The molecule has 0 heterocycles. The zero-order valence-electron chi connectivity index (χ0n) is 16.0. The fourth-order valence-electron chi connectivity index (χ4n) is 3.26. The Hall–Kier alpha value is -3.01. The van der Waals surface area contributed by atoms with Gasteiger partial charge in [0, 0.05) is 5.92 Å². The van der Waals surface area contributed by atoms with Crippen molar-refractivity contribution in [1.82, 2.24) is 0 Å². The predicted molar refractivity (Wildman–Crippen MR) is 110 cm³/mol. The number of alkyl halides is 3. The SMILES string of the molecule is C=CC(CCCc1cccc(Oc2ccccc2)c1)c1ccc(C(F)(F)F)cc1. The summed E-state index contributed by atoms with van der Waals surface area (Å²) in [6.45, 7) is 3.85. The summed E-state index contributed by atoms with van der Waals surface area (Å²) in [4.78, 5) is 0. The van der Waals surface area contributed by atoms with Gasteiger partial charge < -0.3 is 4.74 Å². The molecule has 150 valence electrons. The molecule has 3 aromatic carbocycles. The second-order valence-electron chi connectivity index (χ2n) is 6.92. The Bertz CT molecular complexity index is 915. The van der Waals surface area contributed by atoms with E-state index in [0.29, 0.717) is 0 Å². The highest BCUT2D eigenvalue weighted by atomic mass is 19.4. The average Bonchev–Trinajstić information content (AvgIpc) is 2.72. The van der Waals surface area contributed by atoms with Gasteiger partial charge in [0.1, 0.15) is 11.5 Å². The molecule has 0 N–H and O–H groups in total. The first-order valence-corrected chi connectivity index (χ1v) is 9.57. The number of allylic oxidation sites excluding steroid dienone is 1. The summed E-state index contributed by atoms with van der Waals surface area (Å²) in [6, 6.07) is 22.9. The second kappa shape index (κ2) is 9.46. The largest absolute Gasteiger partial charge is 0.457 e. The molecule has 29 heavy (non-hydrogen) atoms. The van der Waals surface area contributed by atoms with Crippen molar-refractivity contribution in [1.29, 1.82) is 0 Å². The lowest BCUT2D eigenvalue weighted by Gasteiger charge is -2.15. The lowest BCUT2D eigenvalue weighted by Crippen LogP contribution is -2.05. The number of hydrogen-bond donors (Lipinski definition) is 0. The van der Waals surface area contributed by atoms with Crippen molar-refractivity contribution < 1.29 is 17.9 Å². The monoisotopic (exact) mass is 396 g/mol. The van der Waals surface area contributed by atoms with E-state index in [2.05, 4.69) is 12.6 Å². The van der Waals surface area contributed by atoms with Crippen LogP contribution in [-0.4, -0.2) is 0 Å². The summed E-state index contributed by atoms with van der Waals surface area (Å²) >= 11 is 0. The summed E-state index contributed by atoms with van der Waals surface area (Å²) < 4.78 is 44.1. The molecule has 0 radical (unpaired) electrons. The third-order valence-electron chi connectivity index (χ3n) is 4.81. The maximum Gasteiger partial charge on any atom is 0.416 e. The molecule has 4 heteroatoms. The number of para-hydroxylation sites is 1. The number of rotatable bonds is 8. The van der Waals surface area contributed by atoms with Gasteiger partial charge in [-0.25, -0.2) is 0 Å². The van der Waals surface area contributed by atoms with Crippen LogP contribution in [0.5, 0.6) is 11.5 Å². The van der Waals surface area contributed by atoms with Crippen LogP contribution in [0.4, 0.5) is 13.2 Å². The molecule has 1 atom stereocenters. The highest BCUT2D eigenvalue weighted by molar-refractivity contribution is 5.34. The number of hydrogen-bond acceptors (Lipinski definition) is 1. The molecule has 1 nitrogen and oxygen atoms in total. The number of benzene rings is 3. The van der Waals surface area contributed by atoms with E-state index in [9.17, 15) is 13.2 Å². The molecule has 3 rings (SSSR count). The Morgan fingerprint density at radius 1 is 0.862 bits per heavy atom. The average molecular weight is 396 g/mol. The van der Waals surface area contributed by atoms with Gasteiger partial charge >= 0.3 is 6.18 Å². The number of ether oxygens (including phenoxy) is 1. The standard InChI is InChI=1S/C25H23F3O/c1-2-20(21-14-16-22(17-15-21)25(26,27)28)10-6-8-19-9-7-13-24(18-19)29-23-11-4-3-5-12-23/h2-5,7,9,11-18,20H,1,6,8,10H2. The minimum absolute atomic E-state index is 0.0287. The lowest BCUT2D eigenvalue weighted by molar-refractivity contribution is -0.137. The van der Waals surface area contributed by atoms with Crippen LogP contribution in [-0.2, 0) is 12.6 Å². The maximum atomic E-state index is 12.7. The van der Waals surface area contributed by atoms with E-state index in [1.807, 2.05) is 48.5 Å². The third kappa shape index (κ3) is 5.98. The molecule has 1 unspecified atom stereocenters. The summed E-state index contributed by atoms with van der Waals surface area (Å²) in [5.41, 5.74) is 1.39. The Morgan fingerprint density at radius 3 is 2.21 bits per heavy atom. The van der Waals surface area contributed by atoms with Gasteiger partial charge in [0.2, 0.25) is 0 Å². The molecular formula is C25H23F3O. The van der Waals surface area contributed by atoms with E-state index >= 15 is 0 Å². The maximum absolute atomic E-state index is 12.7. The quantitative estimate of drug-likeness (QED) is 0.353. The van der Waals surface area contributed by atoms with Crippen LogP contribution in [0.3, 0.4) is 0 Å². The van der Waals surface area contributed by atoms with Crippen LogP contribution in [0.1, 0.15) is 35.4 Å². The molecule has 0 saturated carbocycles. The van der Waals surface area contributed by atoms with Crippen LogP contribution in [0.2, 0.25) is 0 Å². The highest BCUT2D eigenvalue weighted by Crippen LogP contribution is 2.31. The molecule has 0 fully saturated rings. The molecule has 0 saturated heterocycles. The van der Waals surface area contributed by atoms with Gasteiger partial charge in [-0.15, -0.1) is 6.58 Å². The van der Waals surface area contributed by atoms with Crippen molar-refractivity contribution in [2.75, 3.05) is 0 Å². The zero-order chi connectivity index (χ0) is 20.7. The first kappa shape index (κ1) is 20.7. The Balaban J connectivity index is 1.57. The first-order valence-electron chi connectivity index (χ1n) is 9.57.